The van der Waals surface area contributed by atoms with Crippen molar-refractivity contribution in [3.63, 3.8) is 0 Å². The van der Waals surface area contributed by atoms with E-state index in [0.29, 0.717) is 6.42 Å². The molecule has 0 bridgehead atoms. The number of phenols is 2. The van der Waals surface area contributed by atoms with Crippen LogP contribution in [-0.2, 0) is 19.1 Å². The van der Waals surface area contributed by atoms with Crippen LogP contribution in [0.1, 0.15) is 38.3 Å². The average molecular weight is 722 g/mol. The number of piperazine rings is 1. The zero-order valence-corrected chi connectivity index (χ0v) is 28.7. The van der Waals surface area contributed by atoms with Crippen molar-refractivity contribution in [3.8, 4) is 17.2 Å². The number of carboxylic acid groups (broad SMARTS) is 1. The molecule has 15 heteroatoms. The molecule has 0 aliphatic carbocycles. The molecule has 3 atom stereocenters. The Hall–Kier alpha value is -6.77. The molecule has 7 rings (SSSR count). The number of hydrogen-bond acceptors (Lipinski definition) is 12. The molecule has 0 spiro atoms. The van der Waals surface area contributed by atoms with Crippen LogP contribution in [0.25, 0.3) is 54.9 Å². The Labute approximate surface area is 297 Å². The molecule has 5 aromatic rings. The lowest BCUT2D eigenvalue weighted by Gasteiger charge is -2.36. The number of carbonyl (C=O) groups excluding carboxylic acids is 2. The quantitative estimate of drug-likeness (QED) is 0.0991. The van der Waals surface area contributed by atoms with Crippen molar-refractivity contribution in [1.29, 1.82) is 0 Å². The van der Waals surface area contributed by atoms with Gasteiger partial charge in [-0.2, -0.15) is 0 Å². The van der Waals surface area contributed by atoms with Gasteiger partial charge in [0, 0.05) is 38.4 Å². The fourth-order valence-corrected chi connectivity index (χ4v) is 7.16. The number of aliphatic carboxylic acids is 1. The van der Waals surface area contributed by atoms with Crippen molar-refractivity contribution in [2.45, 2.75) is 39.3 Å². The number of nitrogens with one attached hydrogen (secondary N) is 1. The molecule has 5 aromatic carbocycles. The Balaban J connectivity index is 1.61. The molecule has 15 nitrogen and oxygen atoms in total. The van der Waals surface area contributed by atoms with Crippen molar-refractivity contribution in [3.05, 3.63) is 93.8 Å². The number of carboxylic acids is 1. The van der Waals surface area contributed by atoms with E-state index in [4.69, 9.17) is 15.2 Å². The monoisotopic (exact) mass is 721 g/mol. The van der Waals surface area contributed by atoms with Gasteiger partial charge >= 0.3 is 5.97 Å². The smallest absolute Gasteiger partial charge is 0.328 e. The number of amides is 2. The number of nitrogens with two attached hydrogens (primary N) is 1. The third-order valence-electron chi connectivity index (χ3n) is 10.2. The SMILES string of the molecule is CCC(C)C1=Cc2c(c(=O)c3c(ccc4c(OC)c5c(=O)c6c(O)cccc6c(=O)c5c(O)c43)c2=O)/C(=C(\N)C(=O)N2CC(C(=O)O)NC(=O)C2C)O1. The molecular formula is C38H31N3O12. The largest absolute Gasteiger partial charge is 0.507 e. The summed E-state index contributed by atoms with van der Waals surface area (Å²) < 4.78 is 11.7. The van der Waals surface area contributed by atoms with Crippen molar-refractivity contribution in [2.24, 2.45) is 11.7 Å². The number of phenolic OH excluding ortho intramolecular Hbond substituents is 2. The van der Waals surface area contributed by atoms with E-state index in [2.05, 4.69) is 5.32 Å². The van der Waals surface area contributed by atoms with E-state index >= 15 is 0 Å². The van der Waals surface area contributed by atoms with Gasteiger partial charge in [-0.25, -0.2) is 4.79 Å². The Bertz CT molecular complexity index is 2810. The van der Waals surface area contributed by atoms with Crippen LogP contribution in [0, 0.1) is 5.92 Å². The highest BCUT2D eigenvalue weighted by Crippen LogP contribution is 2.44. The molecule has 2 amide bonds. The number of fused-ring (bicyclic) bond motifs is 6. The van der Waals surface area contributed by atoms with Gasteiger partial charge in [-0.3, -0.25) is 28.8 Å². The van der Waals surface area contributed by atoms with Crippen LogP contribution in [0.3, 0.4) is 0 Å². The zero-order valence-electron chi connectivity index (χ0n) is 28.7. The summed E-state index contributed by atoms with van der Waals surface area (Å²) in [5.74, 6) is -5.35. The molecule has 1 saturated heterocycles. The molecule has 53 heavy (non-hydrogen) atoms. The number of aromatic hydroxyl groups is 2. The molecular weight excluding hydrogens is 690 g/mol. The van der Waals surface area contributed by atoms with Crippen LogP contribution in [-0.4, -0.2) is 63.7 Å². The molecule has 0 aromatic heterocycles. The highest BCUT2D eigenvalue weighted by atomic mass is 16.5. The zero-order chi connectivity index (χ0) is 38.4. The number of methoxy groups -OCH3 is 1. The van der Waals surface area contributed by atoms with Gasteiger partial charge in [0.05, 0.1) is 35.4 Å². The molecule has 3 unspecified atom stereocenters. The van der Waals surface area contributed by atoms with E-state index in [1.54, 1.807) is 6.92 Å². The molecule has 6 N–H and O–H groups in total. The van der Waals surface area contributed by atoms with Gasteiger partial charge in [0.15, 0.2) is 22.0 Å². The third kappa shape index (κ3) is 4.83. The van der Waals surface area contributed by atoms with Gasteiger partial charge in [0.2, 0.25) is 11.3 Å². The second-order valence-electron chi connectivity index (χ2n) is 13.1. The first-order valence-corrected chi connectivity index (χ1v) is 16.5. The first kappa shape index (κ1) is 34.7. The lowest BCUT2D eigenvalue weighted by molar-refractivity contribution is -0.150. The summed E-state index contributed by atoms with van der Waals surface area (Å²) in [6.07, 6.45) is 1.88. The summed E-state index contributed by atoms with van der Waals surface area (Å²) >= 11 is 0. The lowest BCUT2D eigenvalue weighted by atomic mass is 9.88. The van der Waals surface area contributed by atoms with Gasteiger partial charge in [-0.15, -0.1) is 0 Å². The minimum absolute atomic E-state index is 0.0253. The Morgan fingerprint density at radius 1 is 0.943 bits per heavy atom. The Kier molecular flexibility index (Phi) is 7.97. The molecule has 1 fully saturated rings. The van der Waals surface area contributed by atoms with Crippen LogP contribution in [0.5, 0.6) is 17.2 Å². The molecule has 0 saturated carbocycles. The first-order chi connectivity index (χ1) is 25.1. The van der Waals surface area contributed by atoms with E-state index in [-0.39, 0.29) is 55.3 Å². The van der Waals surface area contributed by atoms with Crippen LogP contribution >= 0.6 is 0 Å². The van der Waals surface area contributed by atoms with Crippen LogP contribution in [0.15, 0.2) is 61.0 Å². The fraction of sp³-hybridized carbons (Fsp3) is 0.237. The van der Waals surface area contributed by atoms with Gasteiger partial charge in [0.25, 0.3) is 5.91 Å². The molecule has 0 radical (unpaired) electrons. The van der Waals surface area contributed by atoms with E-state index in [9.17, 15) is 48.9 Å². The highest BCUT2D eigenvalue weighted by Gasteiger charge is 2.40. The molecule has 2 aliphatic rings. The lowest BCUT2D eigenvalue weighted by Crippen LogP contribution is -2.63. The summed E-state index contributed by atoms with van der Waals surface area (Å²) in [6, 6.07) is 3.91. The van der Waals surface area contributed by atoms with Gasteiger partial charge in [-0.1, -0.05) is 26.0 Å². The number of allylic oxidation sites excluding steroid dienone is 1. The van der Waals surface area contributed by atoms with E-state index < -0.39 is 97.4 Å². The summed E-state index contributed by atoms with van der Waals surface area (Å²) in [4.78, 5) is 96.2. The van der Waals surface area contributed by atoms with Gasteiger partial charge < -0.3 is 40.7 Å². The van der Waals surface area contributed by atoms with E-state index in [1.165, 1.54) is 50.4 Å². The molecule has 2 heterocycles. The molecule has 2 aliphatic heterocycles. The Morgan fingerprint density at radius 2 is 1.62 bits per heavy atom. The standard InChI is InChI=1S/C38H31N3O12/c1-5-13(2)21-11-18-25(35(53-21)28(39)37(49)41-12-19(38(50)51)40-36(48)14(41)3)32(46)23-16(29(18)43)9-10-17-24(23)33(47)26-27(34(17)52-4)31(45)22-15(30(26)44)7-6-8-20(22)42/h6-11,13-14,19,42,47H,5,12,39H2,1-4H3,(H,40,48)(H,50,51)/b35-28+. The van der Waals surface area contributed by atoms with Gasteiger partial charge in [0.1, 0.15) is 40.8 Å². The normalized spacial score (nSPS) is 18.8. The van der Waals surface area contributed by atoms with Crippen LogP contribution in [0.2, 0.25) is 0 Å². The first-order valence-electron chi connectivity index (χ1n) is 16.5. The molecule has 270 valence electrons. The highest BCUT2D eigenvalue weighted by molar-refractivity contribution is 6.22. The number of carbonyl (C=O) groups is 3. The maximum Gasteiger partial charge on any atom is 0.328 e. The third-order valence-corrected chi connectivity index (χ3v) is 10.2. The van der Waals surface area contributed by atoms with Crippen molar-refractivity contribution < 1.29 is 39.2 Å². The summed E-state index contributed by atoms with van der Waals surface area (Å²) in [6.45, 7) is 4.51. The summed E-state index contributed by atoms with van der Waals surface area (Å²) in [7, 11) is 1.21. The minimum Gasteiger partial charge on any atom is -0.507 e. The van der Waals surface area contributed by atoms with E-state index in [0.717, 1.165) is 4.90 Å². The fourth-order valence-electron chi connectivity index (χ4n) is 7.16. The number of rotatable bonds is 5. The number of hydrogen-bond donors (Lipinski definition) is 5. The second kappa shape index (κ2) is 12.2. The van der Waals surface area contributed by atoms with Crippen LogP contribution in [0.4, 0.5) is 0 Å². The number of ether oxygens (including phenoxy) is 2. The average Bonchev–Trinajstić information content (AvgIpc) is 3.14. The maximum absolute atomic E-state index is 14.8. The van der Waals surface area contributed by atoms with E-state index in [1.807, 2.05) is 6.92 Å². The maximum atomic E-state index is 14.8. The van der Waals surface area contributed by atoms with Crippen molar-refractivity contribution in [2.75, 3.05) is 13.7 Å². The van der Waals surface area contributed by atoms with Crippen molar-refractivity contribution >= 4 is 72.7 Å². The Morgan fingerprint density at radius 3 is 2.28 bits per heavy atom. The number of nitrogens with zero attached hydrogens (tertiary/aromatic N) is 1. The van der Waals surface area contributed by atoms with Gasteiger partial charge in [-0.05, 0) is 37.6 Å². The van der Waals surface area contributed by atoms with Crippen molar-refractivity contribution in [1.82, 2.24) is 10.2 Å². The minimum atomic E-state index is -1.45. The number of benzene rings is 5. The second-order valence-corrected chi connectivity index (χ2v) is 13.1. The summed E-state index contributed by atoms with van der Waals surface area (Å²) in [5, 5.41) is 32.0. The predicted octanol–water partition coefficient (Wildman–Crippen LogP) is 1.88. The predicted molar refractivity (Wildman–Crippen MR) is 194 cm³/mol. The van der Waals surface area contributed by atoms with Crippen LogP contribution < -0.4 is 37.5 Å². The summed E-state index contributed by atoms with van der Waals surface area (Å²) in [5.41, 5.74) is 1.78. The topological polar surface area (TPSA) is 240 Å².